The second-order valence-electron chi connectivity index (χ2n) is 8.71. The van der Waals surface area contributed by atoms with E-state index in [1.54, 1.807) is 22.9 Å². The summed E-state index contributed by atoms with van der Waals surface area (Å²) in [5, 5.41) is 0. The summed E-state index contributed by atoms with van der Waals surface area (Å²) in [4.78, 5) is 33.7. The minimum atomic E-state index is -0.626. The molecule has 0 spiro atoms. The zero-order chi connectivity index (χ0) is 21.8. The Kier molecular flexibility index (Phi) is 7.16. The molecule has 0 unspecified atom stereocenters. The van der Waals surface area contributed by atoms with Crippen molar-refractivity contribution in [1.82, 2.24) is 14.8 Å². The van der Waals surface area contributed by atoms with E-state index in [4.69, 9.17) is 4.74 Å². The van der Waals surface area contributed by atoms with Gasteiger partial charge in [0.2, 0.25) is 0 Å². The normalized spacial score (nSPS) is 22.9. The smallest absolute Gasteiger partial charge is 0.330 e. The van der Waals surface area contributed by atoms with Crippen molar-refractivity contribution in [3.8, 4) is 0 Å². The second kappa shape index (κ2) is 9.63. The first kappa shape index (κ1) is 22.3. The summed E-state index contributed by atoms with van der Waals surface area (Å²) >= 11 is 0. The van der Waals surface area contributed by atoms with Crippen LogP contribution in [0.5, 0.6) is 0 Å². The van der Waals surface area contributed by atoms with Crippen LogP contribution in [0.2, 0.25) is 0 Å². The molecule has 164 valence electrons. The molecular formula is C24H35N3O3. The molecule has 1 aliphatic heterocycles. The maximum atomic E-state index is 13.4. The largest absolute Gasteiger partial charge is 0.464 e. The van der Waals surface area contributed by atoms with Crippen molar-refractivity contribution >= 4 is 12.0 Å². The number of amides is 2. The van der Waals surface area contributed by atoms with E-state index in [1.807, 2.05) is 26.1 Å². The Morgan fingerprint density at radius 1 is 1.33 bits per heavy atom. The predicted octanol–water partition coefficient (Wildman–Crippen LogP) is 4.33. The van der Waals surface area contributed by atoms with Crippen LogP contribution in [0.4, 0.5) is 4.79 Å². The summed E-state index contributed by atoms with van der Waals surface area (Å²) in [6.07, 6.45) is 8.46. The van der Waals surface area contributed by atoms with Gasteiger partial charge >= 0.3 is 12.0 Å². The maximum absolute atomic E-state index is 13.4. The summed E-state index contributed by atoms with van der Waals surface area (Å²) in [6, 6.07) is 3.31. The van der Waals surface area contributed by atoms with Crippen LogP contribution in [0.1, 0.15) is 57.2 Å². The number of carbonyl (C=O) groups excluding carboxylic acids is 2. The van der Waals surface area contributed by atoms with E-state index in [0.717, 1.165) is 24.1 Å². The molecule has 3 rings (SSSR count). The van der Waals surface area contributed by atoms with E-state index < -0.39 is 6.04 Å². The molecule has 6 heteroatoms. The molecule has 1 aliphatic carbocycles. The van der Waals surface area contributed by atoms with Gasteiger partial charge in [0.25, 0.3) is 0 Å². The van der Waals surface area contributed by atoms with Gasteiger partial charge < -0.3 is 9.64 Å². The monoisotopic (exact) mass is 413 g/mol. The van der Waals surface area contributed by atoms with Gasteiger partial charge in [0, 0.05) is 36.6 Å². The molecule has 0 aromatic carbocycles. The van der Waals surface area contributed by atoms with Crippen LogP contribution in [0.25, 0.3) is 0 Å². The summed E-state index contributed by atoms with van der Waals surface area (Å²) in [6.45, 7) is 10.3. The van der Waals surface area contributed by atoms with Gasteiger partial charge in [-0.15, -0.1) is 0 Å². The minimum absolute atomic E-state index is 0.135. The first-order valence-corrected chi connectivity index (χ1v) is 11.2. The maximum Gasteiger partial charge on any atom is 0.330 e. The Hall–Kier alpha value is -2.37. The Bertz CT molecular complexity index is 788. The van der Waals surface area contributed by atoms with Crippen molar-refractivity contribution in [3.63, 3.8) is 0 Å². The van der Waals surface area contributed by atoms with E-state index in [2.05, 4.69) is 18.5 Å². The van der Waals surface area contributed by atoms with Crippen LogP contribution in [0.3, 0.4) is 0 Å². The van der Waals surface area contributed by atoms with Gasteiger partial charge in [0.1, 0.15) is 6.04 Å². The standard InChI is InChI=1S/C24H35N3O3/c1-6-30-23(28)22-21(15-19-12-13-25-16(2)14-19)18(4)27(22)24(29)26(5)17(3)20-10-8-7-9-11-20/h12-14,17,20-22H,4,6-11,15H2,1-3,5H3/t17-,21+,22+/m1/s1. The number of esters is 1. The highest BCUT2D eigenvalue weighted by Gasteiger charge is 2.52. The minimum Gasteiger partial charge on any atom is -0.464 e. The van der Waals surface area contributed by atoms with Crippen molar-refractivity contribution < 1.29 is 14.3 Å². The second-order valence-corrected chi connectivity index (χ2v) is 8.71. The summed E-state index contributed by atoms with van der Waals surface area (Å²) < 4.78 is 5.32. The third kappa shape index (κ3) is 4.52. The Labute approximate surface area is 180 Å². The topological polar surface area (TPSA) is 62.7 Å². The SMILES string of the molecule is C=C1[C@H](Cc2ccnc(C)c2)[C@@H](C(=O)OCC)N1C(=O)N(C)[C@H](C)C1CCCCC1. The van der Waals surface area contributed by atoms with Gasteiger partial charge in [-0.3, -0.25) is 9.88 Å². The van der Waals surface area contributed by atoms with Gasteiger partial charge in [0.15, 0.2) is 0 Å². The molecule has 1 aromatic rings. The van der Waals surface area contributed by atoms with Crippen LogP contribution in [-0.4, -0.2) is 52.5 Å². The van der Waals surface area contributed by atoms with E-state index in [1.165, 1.54) is 19.3 Å². The molecule has 1 saturated heterocycles. The van der Waals surface area contributed by atoms with Gasteiger partial charge in [-0.1, -0.05) is 25.8 Å². The molecular weight excluding hydrogens is 378 g/mol. The summed E-state index contributed by atoms with van der Waals surface area (Å²) in [7, 11) is 1.84. The quantitative estimate of drug-likeness (QED) is 0.651. The molecule has 30 heavy (non-hydrogen) atoms. The number of carbonyl (C=O) groups is 2. The highest BCUT2D eigenvalue weighted by Crippen LogP contribution is 2.40. The number of nitrogens with zero attached hydrogens (tertiary/aromatic N) is 3. The fourth-order valence-electron chi connectivity index (χ4n) is 4.87. The van der Waals surface area contributed by atoms with Crippen LogP contribution < -0.4 is 0 Å². The molecule has 0 bridgehead atoms. The van der Waals surface area contributed by atoms with Gasteiger partial charge in [-0.2, -0.15) is 0 Å². The third-order valence-electron chi connectivity index (χ3n) is 6.79. The van der Waals surface area contributed by atoms with E-state index in [-0.39, 0.29) is 24.0 Å². The van der Waals surface area contributed by atoms with Crippen molar-refractivity contribution in [3.05, 3.63) is 41.9 Å². The highest BCUT2D eigenvalue weighted by atomic mass is 16.5. The summed E-state index contributed by atoms with van der Waals surface area (Å²) in [5.41, 5.74) is 2.70. The lowest BCUT2D eigenvalue weighted by Crippen LogP contribution is -2.64. The number of ether oxygens (including phenoxy) is 1. The van der Waals surface area contributed by atoms with Gasteiger partial charge in [-0.05, 0) is 63.6 Å². The molecule has 0 radical (unpaired) electrons. The van der Waals surface area contributed by atoms with Crippen LogP contribution in [0, 0.1) is 18.8 Å². The molecule has 1 aromatic heterocycles. The van der Waals surface area contributed by atoms with Crippen molar-refractivity contribution in [2.45, 2.75) is 71.4 Å². The fourth-order valence-corrected chi connectivity index (χ4v) is 4.87. The fraction of sp³-hybridized carbons (Fsp3) is 0.625. The molecule has 2 heterocycles. The Morgan fingerprint density at radius 3 is 2.67 bits per heavy atom. The van der Waals surface area contributed by atoms with E-state index in [0.29, 0.717) is 24.6 Å². The number of hydrogen-bond acceptors (Lipinski definition) is 4. The van der Waals surface area contributed by atoms with Crippen LogP contribution in [-0.2, 0) is 16.0 Å². The summed E-state index contributed by atoms with van der Waals surface area (Å²) in [5.74, 6) is 0.0137. The number of pyridine rings is 1. The number of hydrogen-bond donors (Lipinski definition) is 0. The molecule has 2 amide bonds. The first-order chi connectivity index (χ1) is 14.3. The van der Waals surface area contributed by atoms with E-state index >= 15 is 0 Å². The van der Waals surface area contributed by atoms with Crippen LogP contribution >= 0.6 is 0 Å². The molecule has 0 N–H and O–H groups in total. The molecule has 6 nitrogen and oxygen atoms in total. The average Bonchev–Trinajstić information content (AvgIpc) is 2.74. The number of aryl methyl sites for hydroxylation is 1. The molecule has 3 atom stereocenters. The molecule has 2 aliphatic rings. The Morgan fingerprint density at radius 2 is 2.03 bits per heavy atom. The third-order valence-corrected chi connectivity index (χ3v) is 6.79. The lowest BCUT2D eigenvalue weighted by molar-refractivity contribution is -0.153. The number of rotatable bonds is 6. The van der Waals surface area contributed by atoms with Crippen LogP contribution in [0.15, 0.2) is 30.6 Å². The molecule has 2 fully saturated rings. The van der Waals surface area contributed by atoms with Crippen molar-refractivity contribution in [1.29, 1.82) is 0 Å². The zero-order valence-corrected chi connectivity index (χ0v) is 18.8. The molecule has 1 saturated carbocycles. The zero-order valence-electron chi connectivity index (χ0n) is 18.8. The highest BCUT2D eigenvalue weighted by molar-refractivity contribution is 5.89. The predicted molar refractivity (Wildman–Crippen MR) is 117 cm³/mol. The lowest BCUT2D eigenvalue weighted by Gasteiger charge is -2.50. The van der Waals surface area contributed by atoms with Gasteiger partial charge in [0.05, 0.1) is 6.61 Å². The number of urea groups is 1. The first-order valence-electron chi connectivity index (χ1n) is 11.2. The number of aromatic nitrogens is 1. The average molecular weight is 414 g/mol. The van der Waals surface area contributed by atoms with Crippen molar-refractivity contribution in [2.24, 2.45) is 11.8 Å². The Balaban J connectivity index is 1.75. The van der Waals surface area contributed by atoms with Crippen molar-refractivity contribution in [2.75, 3.05) is 13.7 Å². The van der Waals surface area contributed by atoms with Gasteiger partial charge in [-0.25, -0.2) is 9.59 Å². The van der Waals surface area contributed by atoms with E-state index in [9.17, 15) is 9.59 Å². The number of likely N-dealkylation sites (tertiary alicyclic amines) is 1. The lowest BCUT2D eigenvalue weighted by atomic mass is 9.80.